The van der Waals surface area contributed by atoms with E-state index in [4.69, 9.17) is 16.6 Å². The van der Waals surface area contributed by atoms with Gasteiger partial charge < -0.3 is 0 Å². The summed E-state index contributed by atoms with van der Waals surface area (Å²) in [7, 11) is 0. The Balaban J connectivity index is 1.81. The van der Waals surface area contributed by atoms with E-state index in [1.54, 1.807) is 24.8 Å². The highest BCUT2D eigenvalue weighted by Gasteiger charge is 2.21. The molecule has 0 aliphatic heterocycles. The molecule has 0 fully saturated rings. The third-order valence-corrected chi connectivity index (χ3v) is 5.09. The van der Waals surface area contributed by atoms with Gasteiger partial charge in [-0.2, -0.15) is 0 Å². The van der Waals surface area contributed by atoms with Crippen LogP contribution in [0.2, 0.25) is 5.02 Å². The summed E-state index contributed by atoms with van der Waals surface area (Å²) in [6, 6.07) is 22.9. The van der Waals surface area contributed by atoms with E-state index in [2.05, 4.69) is 19.9 Å². The zero-order valence-corrected chi connectivity index (χ0v) is 17.1. The number of rotatable bonds is 4. The molecule has 0 radical (unpaired) electrons. The Bertz CT molecular complexity index is 1330. The highest BCUT2D eigenvalue weighted by Crippen LogP contribution is 2.39. The van der Waals surface area contributed by atoms with Gasteiger partial charge in [0.1, 0.15) is 5.69 Å². The van der Waals surface area contributed by atoms with Crippen molar-refractivity contribution in [2.45, 2.75) is 0 Å². The molecule has 5 aromatic heterocycles. The molecule has 5 rings (SSSR count). The number of hydrogen-bond donors (Lipinski definition) is 0. The van der Waals surface area contributed by atoms with Crippen molar-refractivity contribution in [1.82, 2.24) is 24.9 Å². The van der Waals surface area contributed by atoms with Crippen LogP contribution in [0.15, 0.2) is 97.6 Å². The Hall–Kier alpha value is -3.96. The van der Waals surface area contributed by atoms with E-state index in [9.17, 15) is 0 Å². The highest BCUT2D eigenvalue weighted by atomic mass is 35.5. The maximum absolute atomic E-state index is 6.82. The van der Waals surface area contributed by atoms with Crippen molar-refractivity contribution in [2.75, 3.05) is 0 Å². The summed E-state index contributed by atoms with van der Waals surface area (Å²) in [5, 5.41) is 0.530. The predicted molar refractivity (Wildman–Crippen MR) is 122 cm³/mol. The van der Waals surface area contributed by atoms with Crippen LogP contribution in [0.3, 0.4) is 0 Å². The molecule has 0 unspecified atom stereocenters. The Morgan fingerprint density at radius 2 is 1.13 bits per heavy atom. The van der Waals surface area contributed by atoms with Gasteiger partial charge in [-0.25, -0.2) is 4.98 Å². The van der Waals surface area contributed by atoms with Crippen LogP contribution in [0.25, 0.3) is 45.3 Å². The van der Waals surface area contributed by atoms with Crippen LogP contribution in [0.1, 0.15) is 0 Å². The molecule has 0 atom stereocenters. The Labute approximate surface area is 184 Å². The van der Waals surface area contributed by atoms with Crippen LogP contribution >= 0.6 is 11.6 Å². The zero-order chi connectivity index (χ0) is 21.0. The van der Waals surface area contributed by atoms with Gasteiger partial charge >= 0.3 is 0 Å². The molecule has 148 valence electrons. The average molecular weight is 422 g/mol. The lowest BCUT2D eigenvalue weighted by atomic mass is 10.00. The molecule has 0 amide bonds. The van der Waals surface area contributed by atoms with Gasteiger partial charge in [0.25, 0.3) is 0 Å². The SMILES string of the molecule is Clc1cc(-c2ccccn2)nc(-c2ncccc2-c2ccccn2)c1-c1ccccn1. The third-order valence-electron chi connectivity index (χ3n) is 4.79. The lowest BCUT2D eigenvalue weighted by Crippen LogP contribution is -2.00. The minimum atomic E-state index is 0.530. The first kappa shape index (κ1) is 19.0. The summed E-state index contributed by atoms with van der Waals surface area (Å²) in [4.78, 5) is 23.1. The quantitative estimate of drug-likeness (QED) is 0.357. The van der Waals surface area contributed by atoms with Crippen molar-refractivity contribution in [3.63, 3.8) is 0 Å². The van der Waals surface area contributed by atoms with E-state index in [1.807, 2.05) is 72.8 Å². The number of pyridine rings is 5. The van der Waals surface area contributed by atoms with Gasteiger partial charge in [-0.1, -0.05) is 29.8 Å². The largest absolute Gasteiger partial charge is 0.256 e. The first-order valence-corrected chi connectivity index (χ1v) is 10.1. The number of halogens is 1. The van der Waals surface area contributed by atoms with Gasteiger partial charge in [0, 0.05) is 35.9 Å². The van der Waals surface area contributed by atoms with Crippen LogP contribution in [-0.4, -0.2) is 24.9 Å². The molecule has 0 saturated heterocycles. The van der Waals surface area contributed by atoms with Crippen molar-refractivity contribution in [3.8, 4) is 45.3 Å². The molecule has 6 heteroatoms. The van der Waals surface area contributed by atoms with Gasteiger partial charge in [0.2, 0.25) is 0 Å². The van der Waals surface area contributed by atoms with Crippen LogP contribution in [0.5, 0.6) is 0 Å². The van der Waals surface area contributed by atoms with Crippen LogP contribution in [0.4, 0.5) is 0 Å². The van der Waals surface area contributed by atoms with Gasteiger partial charge in [-0.3, -0.25) is 19.9 Å². The summed E-state index contributed by atoms with van der Waals surface area (Å²) in [6.45, 7) is 0. The van der Waals surface area contributed by atoms with E-state index in [-0.39, 0.29) is 0 Å². The normalized spacial score (nSPS) is 10.7. The molecular formula is C25H16ClN5. The molecule has 5 nitrogen and oxygen atoms in total. The van der Waals surface area contributed by atoms with Crippen molar-refractivity contribution >= 4 is 11.6 Å². The summed E-state index contributed by atoms with van der Waals surface area (Å²) >= 11 is 6.82. The predicted octanol–water partition coefficient (Wildman–Crippen LogP) is 5.98. The fourth-order valence-electron chi connectivity index (χ4n) is 3.41. The highest BCUT2D eigenvalue weighted by molar-refractivity contribution is 6.34. The maximum Gasteiger partial charge on any atom is 0.101 e. The molecule has 0 bridgehead atoms. The summed E-state index contributed by atoms with van der Waals surface area (Å²) in [5.74, 6) is 0. The summed E-state index contributed by atoms with van der Waals surface area (Å²) < 4.78 is 0. The van der Waals surface area contributed by atoms with E-state index >= 15 is 0 Å². The lowest BCUT2D eigenvalue weighted by molar-refractivity contribution is 1.20. The Morgan fingerprint density at radius 3 is 1.77 bits per heavy atom. The summed E-state index contributed by atoms with van der Waals surface area (Å²) in [5.41, 5.74) is 5.82. The van der Waals surface area contributed by atoms with Gasteiger partial charge in [0.05, 0.1) is 33.5 Å². The summed E-state index contributed by atoms with van der Waals surface area (Å²) in [6.07, 6.45) is 6.97. The van der Waals surface area contributed by atoms with E-state index in [0.717, 1.165) is 28.2 Å². The molecule has 0 spiro atoms. The van der Waals surface area contributed by atoms with Crippen molar-refractivity contribution < 1.29 is 0 Å². The van der Waals surface area contributed by atoms with Gasteiger partial charge in [-0.05, 0) is 54.6 Å². The van der Waals surface area contributed by atoms with Crippen molar-refractivity contribution in [2.24, 2.45) is 0 Å². The monoisotopic (exact) mass is 421 g/mol. The number of aromatic nitrogens is 5. The molecule has 31 heavy (non-hydrogen) atoms. The Morgan fingerprint density at radius 1 is 0.516 bits per heavy atom. The van der Waals surface area contributed by atoms with Crippen LogP contribution < -0.4 is 0 Å². The lowest BCUT2D eigenvalue weighted by Gasteiger charge is -2.15. The average Bonchev–Trinajstić information content (AvgIpc) is 2.85. The molecule has 5 aromatic rings. The molecule has 0 N–H and O–H groups in total. The maximum atomic E-state index is 6.82. The van der Waals surface area contributed by atoms with Crippen molar-refractivity contribution in [3.05, 3.63) is 103 Å². The minimum absolute atomic E-state index is 0.530. The minimum Gasteiger partial charge on any atom is -0.256 e. The molecule has 0 aliphatic rings. The second-order valence-corrected chi connectivity index (χ2v) is 7.16. The standard InChI is InChI=1S/C25H16ClN5/c26-18-16-22(20-10-2-5-13-28-20)31-25(23(18)21-11-3-6-14-29-21)24-17(8-7-15-30-24)19-9-1-4-12-27-19/h1-16H. The number of nitrogens with zero attached hydrogens (tertiary/aromatic N) is 5. The second kappa shape index (κ2) is 8.42. The molecule has 0 saturated carbocycles. The smallest absolute Gasteiger partial charge is 0.101 e. The van der Waals surface area contributed by atoms with Gasteiger partial charge in [0.15, 0.2) is 0 Å². The van der Waals surface area contributed by atoms with Crippen LogP contribution in [-0.2, 0) is 0 Å². The van der Waals surface area contributed by atoms with Crippen molar-refractivity contribution in [1.29, 1.82) is 0 Å². The van der Waals surface area contributed by atoms with Crippen LogP contribution in [0, 0.1) is 0 Å². The molecule has 0 aromatic carbocycles. The Kier molecular flexibility index (Phi) is 5.17. The first-order valence-electron chi connectivity index (χ1n) is 9.71. The molecular weight excluding hydrogens is 406 g/mol. The fraction of sp³-hybridized carbons (Fsp3) is 0. The third kappa shape index (κ3) is 3.79. The topological polar surface area (TPSA) is 64.5 Å². The van der Waals surface area contributed by atoms with Gasteiger partial charge in [-0.15, -0.1) is 0 Å². The zero-order valence-electron chi connectivity index (χ0n) is 16.4. The second-order valence-electron chi connectivity index (χ2n) is 6.76. The van der Waals surface area contributed by atoms with E-state index in [1.165, 1.54) is 0 Å². The fourth-order valence-corrected chi connectivity index (χ4v) is 3.70. The van der Waals surface area contributed by atoms with E-state index in [0.29, 0.717) is 22.1 Å². The molecule has 5 heterocycles. The first-order chi connectivity index (χ1) is 15.3. The van der Waals surface area contributed by atoms with E-state index < -0.39 is 0 Å². The number of hydrogen-bond acceptors (Lipinski definition) is 5. The molecule has 0 aliphatic carbocycles.